The highest BCUT2D eigenvalue weighted by Crippen LogP contribution is 2.23. The minimum atomic E-state index is -4.73. The zero-order valence-electron chi connectivity index (χ0n) is 15.1. The van der Waals surface area contributed by atoms with Gasteiger partial charge in [-0.25, -0.2) is 9.78 Å². The van der Waals surface area contributed by atoms with Crippen LogP contribution in [0.5, 0.6) is 0 Å². The average Bonchev–Trinajstić information content (AvgIpc) is 2.66. The van der Waals surface area contributed by atoms with Crippen LogP contribution in [0.25, 0.3) is 0 Å². The molecule has 1 aliphatic heterocycles. The van der Waals surface area contributed by atoms with Gasteiger partial charge in [0.2, 0.25) is 0 Å². The van der Waals surface area contributed by atoms with Crippen LogP contribution >= 0.6 is 0 Å². The van der Waals surface area contributed by atoms with Crippen molar-refractivity contribution in [2.24, 2.45) is 0 Å². The summed E-state index contributed by atoms with van der Waals surface area (Å²) in [6.07, 6.45) is -2.09. The fourth-order valence-corrected chi connectivity index (χ4v) is 2.91. The summed E-state index contributed by atoms with van der Waals surface area (Å²) in [5, 5.41) is 8.50. The number of hydrogen-bond donors (Lipinski definition) is 3. The third-order valence-electron chi connectivity index (χ3n) is 4.28. The molecule has 0 unspecified atom stereocenters. The van der Waals surface area contributed by atoms with Gasteiger partial charge in [0.15, 0.2) is 0 Å². The van der Waals surface area contributed by atoms with Crippen LogP contribution < -0.4 is 16.0 Å². The Morgan fingerprint density at radius 1 is 1.21 bits per heavy atom. The number of carbonyl (C=O) groups excluding carboxylic acids is 1. The van der Waals surface area contributed by atoms with Crippen molar-refractivity contribution in [1.82, 2.24) is 10.3 Å². The van der Waals surface area contributed by atoms with Crippen molar-refractivity contribution in [2.45, 2.75) is 32.2 Å². The molecule has 1 aromatic carbocycles. The number of aromatic nitrogens is 1. The number of para-hydroxylation sites is 1. The van der Waals surface area contributed by atoms with Gasteiger partial charge in [0.1, 0.15) is 5.82 Å². The largest absolute Gasteiger partial charge is 0.522 e. The van der Waals surface area contributed by atoms with Crippen molar-refractivity contribution >= 4 is 17.5 Å². The fraction of sp³-hybridized carbons (Fsp3) is 0.368. The van der Waals surface area contributed by atoms with Crippen molar-refractivity contribution in [3.8, 4) is 0 Å². The van der Waals surface area contributed by atoms with E-state index in [0.29, 0.717) is 13.0 Å². The number of nitrogens with one attached hydrogen (secondary N) is 3. The van der Waals surface area contributed by atoms with E-state index in [1.165, 1.54) is 17.7 Å². The van der Waals surface area contributed by atoms with Gasteiger partial charge in [0.05, 0.1) is 6.61 Å². The van der Waals surface area contributed by atoms with E-state index >= 15 is 0 Å². The molecular weight excluding hydrogens is 373 g/mol. The smallest absolute Gasteiger partial charge is 0.370 e. The number of nitrogens with zero attached hydrogens (tertiary/aromatic N) is 1. The van der Waals surface area contributed by atoms with Gasteiger partial charge in [0, 0.05) is 36.5 Å². The molecule has 3 N–H and O–H groups in total. The number of anilines is 2. The lowest BCUT2D eigenvalue weighted by atomic mass is 10.1. The molecule has 0 saturated heterocycles. The summed E-state index contributed by atoms with van der Waals surface area (Å²) in [6.45, 7) is 0.576. The van der Waals surface area contributed by atoms with E-state index < -0.39 is 19.0 Å². The Hall–Kier alpha value is -2.81. The first-order valence-electron chi connectivity index (χ1n) is 8.97. The van der Waals surface area contributed by atoms with Crippen molar-refractivity contribution < 1.29 is 22.7 Å². The van der Waals surface area contributed by atoms with E-state index in [2.05, 4.69) is 25.7 Å². The third kappa shape index (κ3) is 5.85. The zero-order chi connectivity index (χ0) is 20.0. The summed E-state index contributed by atoms with van der Waals surface area (Å²) >= 11 is 0. The lowest BCUT2D eigenvalue weighted by Crippen LogP contribution is -2.31. The summed E-state index contributed by atoms with van der Waals surface area (Å²) in [7, 11) is 0. The van der Waals surface area contributed by atoms with E-state index in [0.717, 1.165) is 30.9 Å². The second-order valence-corrected chi connectivity index (χ2v) is 6.36. The molecule has 2 aromatic rings. The van der Waals surface area contributed by atoms with E-state index in [9.17, 15) is 18.0 Å². The van der Waals surface area contributed by atoms with Gasteiger partial charge in [-0.2, -0.15) is 0 Å². The first-order chi connectivity index (χ1) is 13.4. The molecular formula is C19H21F3N4O2. The molecule has 3 rings (SSSR count). The monoisotopic (exact) mass is 394 g/mol. The van der Waals surface area contributed by atoms with E-state index in [1.807, 2.05) is 12.1 Å². The van der Waals surface area contributed by atoms with E-state index in [4.69, 9.17) is 0 Å². The van der Waals surface area contributed by atoms with Gasteiger partial charge < -0.3 is 16.0 Å². The first kappa shape index (κ1) is 19.9. The normalized spacial score (nSPS) is 13.4. The van der Waals surface area contributed by atoms with Crippen molar-refractivity contribution in [2.75, 3.05) is 23.7 Å². The molecule has 150 valence electrons. The molecule has 0 spiro atoms. The second kappa shape index (κ2) is 8.92. The highest BCUT2D eigenvalue weighted by molar-refractivity contribution is 5.90. The molecule has 2 amide bonds. The van der Waals surface area contributed by atoms with Gasteiger partial charge in [-0.05, 0) is 30.5 Å². The van der Waals surface area contributed by atoms with Crippen LogP contribution in [0, 0.1) is 0 Å². The van der Waals surface area contributed by atoms with Crippen molar-refractivity contribution in [3.05, 3.63) is 53.2 Å². The number of halogens is 3. The number of amides is 2. The standard InChI is InChI=1S/C19H21F3N4O2/c20-19(21,22)28-12-14-4-1-2-6-16(14)26-18(27)24-11-9-15-8-7-13-5-3-10-23-17(13)25-15/h1-2,4,6-8H,3,5,9-12H2,(H,23,25)(H2,24,26,27). The molecule has 2 heterocycles. The van der Waals surface area contributed by atoms with Gasteiger partial charge >= 0.3 is 12.4 Å². The quantitative estimate of drug-likeness (QED) is 0.696. The Bertz CT molecular complexity index is 827. The molecule has 0 aliphatic carbocycles. The van der Waals surface area contributed by atoms with Gasteiger partial charge in [0.25, 0.3) is 0 Å². The Labute approximate surface area is 160 Å². The lowest BCUT2D eigenvalue weighted by molar-refractivity contribution is -0.330. The predicted molar refractivity (Wildman–Crippen MR) is 99.1 cm³/mol. The summed E-state index contributed by atoms with van der Waals surface area (Å²) in [5.74, 6) is 0.895. The number of fused-ring (bicyclic) bond motifs is 1. The molecule has 6 nitrogen and oxygen atoms in total. The van der Waals surface area contributed by atoms with Crippen molar-refractivity contribution in [3.63, 3.8) is 0 Å². The number of alkyl halides is 3. The highest BCUT2D eigenvalue weighted by atomic mass is 19.4. The molecule has 28 heavy (non-hydrogen) atoms. The van der Waals surface area contributed by atoms with Crippen LogP contribution in [-0.2, 0) is 24.2 Å². The Balaban J connectivity index is 1.50. The zero-order valence-corrected chi connectivity index (χ0v) is 15.1. The van der Waals surface area contributed by atoms with Gasteiger partial charge in [-0.15, -0.1) is 13.2 Å². The number of rotatable bonds is 6. The maximum Gasteiger partial charge on any atom is 0.522 e. The third-order valence-corrected chi connectivity index (χ3v) is 4.28. The van der Waals surface area contributed by atoms with Gasteiger partial charge in [-0.1, -0.05) is 24.3 Å². The number of hydrogen-bond acceptors (Lipinski definition) is 4. The number of urea groups is 1. The number of aryl methyl sites for hydroxylation is 1. The minimum absolute atomic E-state index is 0.234. The molecule has 0 saturated carbocycles. The number of ether oxygens (including phenoxy) is 1. The molecule has 0 fully saturated rings. The molecule has 9 heteroatoms. The maximum atomic E-state index is 12.2. The summed E-state index contributed by atoms with van der Waals surface area (Å²) < 4.78 is 40.5. The first-order valence-corrected chi connectivity index (χ1v) is 8.97. The van der Waals surface area contributed by atoms with Crippen molar-refractivity contribution in [1.29, 1.82) is 0 Å². The number of pyridine rings is 1. The molecule has 0 atom stereocenters. The minimum Gasteiger partial charge on any atom is -0.370 e. The van der Waals surface area contributed by atoms with Crippen LogP contribution in [0.3, 0.4) is 0 Å². The van der Waals surface area contributed by atoms with E-state index in [1.54, 1.807) is 12.1 Å². The van der Waals surface area contributed by atoms with Gasteiger partial charge in [-0.3, -0.25) is 4.74 Å². The van der Waals surface area contributed by atoms with Crippen LogP contribution in [0.4, 0.5) is 29.5 Å². The fourth-order valence-electron chi connectivity index (χ4n) is 2.91. The molecule has 1 aliphatic rings. The van der Waals surface area contributed by atoms with Crippen LogP contribution in [0.15, 0.2) is 36.4 Å². The molecule has 1 aromatic heterocycles. The topological polar surface area (TPSA) is 75.3 Å². The van der Waals surface area contributed by atoms with Crippen LogP contribution in [-0.4, -0.2) is 30.5 Å². The highest BCUT2D eigenvalue weighted by Gasteiger charge is 2.29. The average molecular weight is 394 g/mol. The summed E-state index contributed by atoms with van der Waals surface area (Å²) in [4.78, 5) is 16.6. The lowest BCUT2D eigenvalue weighted by Gasteiger charge is -2.17. The summed E-state index contributed by atoms with van der Waals surface area (Å²) in [5.41, 5.74) is 2.54. The van der Waals surface area contributed by atoms with Crippen LogP contribution in [0.1, 0.15) is 23.2 Å². The number of benzene rings is 1. The molecule has 0 bridgehead atoms. The molecule has 0 radical (unpaired) electrons. The Morgan fingerprint density at radius 2 is 2.04 bits per heavy atom. The predicted octanol–water partition coefficient (Wildman–Crippen LogP) is 3.84. The Kier molecular flexibility index (Phi) is 6.35. The summed E-state index contributed by atoms with van der Waals surface area (Å²) in [6, 6.07) is 9.66. The second-order valence-electron chi connectivity index (χ2n) is 6.36. The maximum absolute atomic E-state index is 12.2. The van der Waals surface area contributed by atoms with Crippen LogP contribution in [0.2, 0.25) is 0 Å². The Morgan fingerprint density at radius 3 is 2.86 bits per heavy atom. The number of carbonyl (C=O) groups is 1. The SMILES string of the molecule is O=C(NCCc1ccc2c(n1)NCCC2)Nc1ccccc1COC(F)(F)F. The van der Waals surface area contributed by atoms with E-state index in [-0.39, 0.29) is 11.3 Å².